The zero-order valence-electron chi connectivity index (χ0n) is 29.0. The Balaban J connectivity index is 1.02. The van der Waals surface area contributed by atoms with Gasteiger partial charge in [0.25, 0.3) is 0 Å². The number of hydrogen-bond acceptors (Lipinski definition) is 3. The lowest BCUT2D eigenvalue weighted by Crippen LogP contribution is -2.37. The van der Waals surface area contributed by atoms with E-state index in [0.717, 1.165) is 22.7 Å². The molecule has 3 nitrogen and oxygen atoms in total. The van der Waals surface area contributed by atoms with Crippen molar-refractivity contribution in [1.29, 1.82) is 0 Å². The second-order valence-corrected chi connectivity index (χ2v) is 14.2. The molecule has 0 amide bonds. The van der Waals surface area contributed by atoms with Gasteiger partial charge in [0.15, 0.2) is 0 Å². The molecule has 8 aromatic rings. The lowest BCUT2D eigenvalue weighted by molar-refractivity contribution is 0.720. The van der Waals surface area contributed by atoms with Crippen molar-refractivity contribution in [2.45, 2.75) is 11.6 Å². The number of rotatable bonds is 5. The minimum absolute atomic E-state index is 0.0686. The molecule has 0 saturated carbocycles. The highest BCUT2D eigenvalue weighted by Gasteiger charge is 2.54. The van der Waals surface area contributed by atoms with Crippen LogP contribution in [0.5, 0.6) is 0 Å². The molecule has 2 aliphatic heterocycles. The number of benzene rings is 8. The average Bonchev–Trinajstić information content (AvgIpc) is 3.77. The molecule has 11 rings (SSSR count). The van der Waals surface area contributed by atoms with E-state index in [2.05, 4.69) is 215 Å². The summed E-state index contributed by atoms with van der Waals surface area (Å²) >= 11 is 0. The van der Waals surface area contributed by atoms with Crippen LogP contribution in [-0.2, 0) is 5.41 Å². The van der Waals surface area contributed by atoms with Crippen molar-refractivity contribution >= 4 is 34.1 Å². The maximum absolute atomic E-state index is 3.97. The summed E-state index contributed by atoms with van der Waals surface area (Å²) in [6.07, 6.45) is -0.0686. The first-order valence-corrected chi connectivity index (χ1v) is 18.4. The molecule has 1 unspecified atom stereocenters. The van der Waals surface area contributed by atoms with E-state index in [1.54, 1.807) is 0 Å². The van der Waals surface area contributed by atoms with Crippen LogP contribution in [0.15, 0.2) is 200 Å². The molecule has 3 aliphatic rings. The minimum atomic E-state index is -0.404. The summed E-state index contributed by atoms with van der Waals surface area (Å²) in [5.74, 6) is 0. The fourth-order valence-corrected chi connectivity index (χ4v) is 9.28. The summed E-state index contributed by atoms with van der Waals surface area (Å²) in [6.45, 7) is 0. The van der Waals surface area contributed by atoms with E-state index < -0.39 is 5.41 Å². The van der Waals surface area contributed by atoms with Crippen LogP contribution in [0.4, 0.5) is 34.1 Å². The van der Waals surface area contributed by atoms with E-state index in [1.807, 2.05) is 0 Å². The van der Waals surface area contributed by atoms with Crippen LogP contribution < -0.4 is 15.1 Å². The molecule has 3 heteroatoms. The Morgan fingerprint density at radius 2 is 0.925 bits per heavy atom. The highest BCUT2D eigenvalue weighted by atomic mass is 15.3. The van der Waals surface area contributed by atoms with Gasteiger partial charge >= 0.3 is 0 Å². The van der Waals surface area contributed by atoms with E-state index in [-0.39, 0.29) is 6.17 Å². The molecule has 0 aromatic heterocycles. The molecule has 1 spiro atoms. The molecule has 1 atom stereocenters. The van der Waals surface area contributed by atoms with Crippen molar-refractivity contribution in [1.82, 2.24) is 0 Å². The fourth-order valence-electron chi connectivity index (χ4n) is 9.28. The summed E-state index contributed by atoms with van der Waals surface area (Å²) in [6, 6.07) is 73.1. The Hall–Kier alpha value is -6.84. The third-order valence-corrected chi connectivity index (χ3v) is 11.5. The zero-order valence-corrected chi connectivity index (χ0v) is 29.0. The molecule has 2 heterocycles. The molecule has 0 saturated heterocycles. The number of nitrogens with one attached hydrogen (secondary N) is 1. The van der Waals surface area contributed by atoms with Crippen molar-refractivity contribution < 1.29 is 0 Å². The first kappa shape index (κ1) is 29.8. The minimum Gasteiger partial charge on any atom is -0.359 e. The normalized spacial score (nSPS) is 15.2. The van der Waals surface area contributed by atoms with Crippen molar-refractivity contribution in [3.63, 3.8) is 0 Å². The van der Waals surface area contributed by atoms with Crippen molar-refractivity contribution in [3.8, 4) is 22.3 Å². The third kappa shape index (κ3) is 4.28. The van der Waals surface area contributed by atoms with Crippen LogP contribution in [0.3, 0.4) is 0 Å². The largest absolute Gasteiger partial charge is 0.359 e. The molecular formula is C50H35N3. The van der Waals surface area contributed by atoms with E-state index >= 15 is 0 Å². The van der Waals surface area contributed by atoms with Gasteiger partial charge in [-0.15, -0.1) is 0 Å². The Morgan fingerprint density at radius 1 is 0.415 bits per heavy atom. The van der Waals surface area contributed by atoms with Gasteiger partial charge in [-0.05, 0) is 98.6 Å². The lowest BCUT2D eigenvalue weighted by Gasteiger charge is -2.44. The van der Waals surface area contributed by atoms with Crippen LogP contribution in [0, 0.1) is 0 Å². The van der Waals surface area contributed by atoms with Gasteiger partial charge in [-0.1, -0.05) is 152 Å². The monoisotopic (exact) mass is 677 g/mol. The molecule has 0 fully saturated rings. The predicted molar refractivity (Wildman–Crippen MR) is 219 cm³/mol. The predicted octanol–water partition coefficient (Wildman–Crippen LogP) is 12.8. The van der Waals surface area contributed by atoms with Gasteiger partial charge in [-0.3, -0.25) is 0 Å². The number of hydrogen-bond donors (Lipinski definition) is 1. The van der Waals surface area contributed by atoms with Gasteiger partial charge in [-0.25, -0.2) is 0 Å². The van der Waals surface area contributed by atoms with E-state index in [9.17, 15) is 0 Å². The SMILES string of the molecule is c1ccc(-c2ccc(N(c3ccccc3)c3ccc(C4Nc5cccc6c5N4c4ccccc4C64c5ccccc5-c5ccccc54)cc3)cc2)cc1. The second kappa shape index (κ2) is 11.6. The summed E-state index contributed by atoms with van der Waals surface area (Å²) in [5, 5.41) is 3.97. The first-order valence-electron chi connectivity index (χ1n) is 18.4. The number of para-hydroxylation sites is 3. The van der Waals surface area contributed by atoms with Crippen molar-refractivity contribution in [2.75, 3.05) is 15.1 Å². The molecule has 53 heavy (non-hydrogen) atoms. The van der Waals surface area contributed by atoms with Crippen molar-refractivity contribution in [3.05, 3.63) is 228 Å². The van der Waals surface area contributed by atoms with Gasteiger partial charge in [0, 0.05) is 22.7 Å². The first-order chi connectivity index (χ1) is 26.3. The van der Waals surface area contributed by atoms with E-state index in [1.165, 1.54) is 61.4 Å². The van der Waals surface area contributed by atoms with Crippen LogP contribution in [0.2, 0.25) is 0 Å². The van der Waals surface area contributed by atoms with Gasteiger partial charge in [-0.2, -0.15) is 0 Å². The zero-order chi connectivity index (χ0) is 34.9. The van der Waals surface area contributed by atoms with E-state index in [4.69, 9.17) is 0 Å². The quantitative estimate of drug-likeness (QED) is 0.196. The lowest BCUT2D eigenvalue weighted by atomic mass is 9.64. The maximum Gasteiger partial charge on any atom is 0.130 e. The highest BCUT2D eigenvalue weighted by Crippen LogP contribution is 2.65. The number of fused-ring (bicyclic) bond motifs is 9. The highest BCUT2D eigenvalue weighted by molar-refractivity contribution is 5.98. The average molecular weight is 678 g/mol. The molecular weight excluding hydrogens is 643 g/mol. The van der Waals surface area contributed by atoms with Crippen LogP contribution >= 0.6 is 0 Å². The molecule has 1 aliphatic carbocycles. The standard InChI is InChI=1S/C50H35N3/c1-3-14-34(15-4-1)35-26-30-38(31-27-35)52(37-16-5-2-6-17-37)39-32-28-36(29-33-39)49-51-46-24-13-23-45-48(46)53(49)47-25-12-11-22-44(47)50(45)42-20-9-7-18-40(42)41-19-8-10-21-43(41)50/h1-33,49,51H. The van der Waals surface area contributed by atoms with Gasteiger partial charge in [0.1, 0.15) is 6.17 Å². The van der Waals surface area contributed by atoms with Crippen LogP contribution in [0.25, 0.3) is 22.3 Å². The van der Waals surface area contributed by atoms with E-state index in [0.29, 0.717) is 0 Å². The molecule has 0 bridgehead atoms. The van der Waals surface area contributed by atoms with Crippen molar-refractivity contribution in [2.24, 2.45) is 0 Å². The molecule has 0 radical (unpaired) electrons. The molecule has 250 valence electrons. The Morgan fingerprint density at radius 3 is 1.60 bits per heavy atom. The summed E-state index contributed by atoms with van der Waals surface area (Å²) in [5.41, 5.74) is 18.2. The number of nitrogens with zero attached hydrogens (tertiary/aromatic N) is 2. The smallest absolute Gasteiger partial charge is 0.130 e. The summed E-state index contributed by atoms with van der Waals surface area (Å²) < 4.78 is 0. The van der Waals surface area contributed by atoms with Crippen LogP contribution in [-0.4, -0.2) is 0 Å². The van der Waals surface area contributed by atoms with Crippen LogP contribution in [0.1, 0.15) is 34.0 Å². The molecule has 8 aromatic carbocycles. The topological polar surface area (TPSA) is 18.5 Å². The number of anilines is 6. The summed E-state index contributed by atoms with van der Waals surface area (Å²) in [4.78, 5) is 4.88. The molecule has 1 N–H and O–H groups in total. The maximum atomic E-state index is 3.97. The summed E-state index contributed by atoms with van der Waals surface area (Å²) in [7, 11) is 0. The Bertz CT molecular complexity index is 2600. The second-order valence-electron chi connectivity index (χ2n) is 14.2. The van der Waals surface area contributed by atoms with Gasteiger partial charge in [0.05, 0.1) is 16.8 Å². The third-order valence-electron chi connectivity index (χ3n) is 11.5. The Labute approximate surface area is 310 Å². The fraction of sp³-hybridized carbons (Fsp3) is 0.0400. The van der Waals surface area contributed by atoms with Gasteiger partial charge < -0.3 is 15.1 Å². The van der Waals surface area contributed by atoms with Gasteiger partial charge in [0.2, 0.25) is 0 Å². The Kier molecular flexibility index (Phi) is 6.53.